The highest BCUT2D eigenvalue weighted by atomic mass is 16.5. The third-order valence-corrected chi connectivity index (χ3v) is 4.88. The second kappa shape index (κ2) is 6.88. The van der Waals surface area contributed by atoms with E-state index in [9.17, 15) is 5.11 Å². The van der Waals surface area contributed by atoms with E-state index in [1.54, 1.807) is 0 Å². The molecule has 0 bridgehead atoms. The lowest BCUT2D eigenvalue weighted by Gasteiger charge is -2.43. The molecule has 0 amide bonds. The van der Waals surface area contributed by atoms with E-state index in [0.717, 1.165) is 38.4 Å². The van der Waals surface area contributed by atoms with E-state index in [1.807, 2.05) is 0 Å². The van der Waals surface area contributed by atoms with Gasteiger partial charge in [-0.05, 0) is 45.1 Å². The summed E-state index contributed by atoms with van der Waals surface area (Å²) < 4.78 is 5.43. The van der Waals surface area contributed by atoms with Gasteiger partial charge in [0, 0.05) is 25.3 Å². The summed E-state index contributed by atoms with van der Waals surface area (Å²) in [7, 11) is 2.21. The Hall–Kier alpha value is -0.120. The van der Waals surface area contributed by atoms with Gasteiger partial charge in [0.05, 0.1) is 6.10 Å². The van der Waals surface area contributed by atoms with Crippen molar-refractivity contribution in [1.82, 2.24) is 4.90 Å². The van der Waals surface area contributed by atoms with Crippen molar-refractivity contribution in [2.24, 2.45) is 5.92 Å². The van der Waals surface area contributed by atoms with Gasteiger partial charge in [-0.1, -0.05) is 19.8 Å². The number of nitrogens with zero attached hydrogens (tertiary/aromatic N) is 1. The third kappa shape index (κ3) is 3.46. The fourth-order valence-electron chi connectivity index (χ4n) is 3.69. The van der Waals surface area contributed by atoms with Gasteiger partial charge in [0.25, 0.3) is 0 Å². The molecule has 1 N–H and O–H groups in total. The zero-order chi connectivity index (χ0) is 13.0. The SMILES string of the molecule is CCCC1CCC(O)C(N(C)C2CCOCC2)C1. The predicted octanol–water partition coefficient (Wildman–Crippen LogP) is 2.43. The molecule has 2 aliphatic rings. The van der Waals surface area contributed by atoms with Crippen molar-refractivity contribution in [3.05, 3.63) is 0 Å². The summed E-state index contributed by atoms with van der Waals surface area (Å²) in [5.74, 6) is 0.825. The highest BCUT2D eigenvalue weighted by Crippen LogP contribution is 2.32. The van der Waals surface area contributed by atoms with Crippen LogP contribution in [0.3, 0.4) is 0 Å². The van der Waals surface area contributed by atoms with Crippen LogP contribution in [0.15, 0.2) is 0 Å². The van der Waals surface area contributed by atoms with Gasteiger partial charge in [-0.2, -0.15) is 0 Å². The van der Waals surface area contributed by atoms with Gasteiger partial charge in [0.15, 0.2) is 0 Å². The Bertz CT molecular complexity index is 241. The van der Waals surface area contributed by atoms with Crippen LogP contribution in [0.4, 0.5) is 0 Å². The highest BCUT2D eigenvalue weighted by Gasteiger charge is 2.34. The molecule has 0 aromatic carbocycles. The molecule has 1 saturated carbocycles. The minimum atomic E-state index is -0.119. The lowest BCUT2D eigenvalue weighted by Crippen LogP contribution is -2.51. The Kier molecular flexibility index (Phi) is 5.46. The van der Waals surface area contributed by atoms with Crippen LogP contribution >= 0.6 is 0 Å². The molecule has 0 spiro atoms. The summed E-state index contributed by atoms with van der Waals surface area (Å²) in [6.45, 7) is 4.04. The van der Waals surface area contributed by atoms with Gasteiger partial charge in [-0.3, -0.25) is 4.90 Å². The molecule has 1 aliphatic heterocycles. The Labute approximate surface area is 112 Å². The average Bonchev–Trinajstić information content (AvgIpc) is 2.41. The van der Waals surface area contributed by atoms with Crippen LogP contribution in [0.25, 0.3) is 0 Å². The summed E-state index contributed by atoms with van der Waals surface area (Å²) in [4.78, 5) is 2.45. The van der Waals surface area contributed by atoms with Crippen molar-refractivity contribution < 1.29 is 9.84 Å². The van der Waals surface area contributed by atoms with Crippen LogP contribution in [0, 0.1) is 5.92 Å². The molecule has 0 radical (unpaired) electrons. The Morgan fingerprint density at radius 1 is 1.17 bits per heavy atom. The number of aliphatic hydroxyl groups is 1. The molecule has 0 aromatic heterocycles. The molecule has 0 aromatic rings. The van der Waals surface area contributed by atoms with Crippen LogP contribution in [0.1, 0.15) is 51.9 Å². The molecule has 106 valence electrons. The number of hydrogen-bond donors (Lipinski definition) is 1. The van der Waals surface area contributed by atoms with E-state index in [2.05, 4.69) is 18.9 Å². The first-order chi connectivity index (χ1) is 8.72. The van der Waals surface area contributed by atoms with Crippen molar-refractivity contribution in [3.8, 4) is 0 Å². The molecule has 1 saturated heterocycles. The molecule has 18 heavy (non-hydrogen) atoms. The van der Waals surface area contributed by atoms with Gasteiger partial charge in [-0.25, -0.2) is 0 Å². The summed E-state index contributed by atoms with van der Waals surface area (Å²) in [6, 6.07) is 0.983. The second-order valence-corrected chi connectivity index (χ2v) is 6.11. The van der Waals surface area contributed by atoms with Gasteiger partial charge in [0.1, 0.15) is 0 Å². The second-order valence-electron chi connectivity index (χ2n) is 6.11. The molecule has 3 atom stereocenters. The van der Waals surface area contributed by atoms with Gasteiger partial charge < -0.3 is 9.84 Å². The van der Waals surface area contributed by atoms with E-state index in [-0.39, 0.29) is 6.10 Å². The van der Waals surface area contributed by atoms with Crippen LogP contribution < -0.4 is 0 Å². The summed E-state index contributed by atoms with van der Waals surface area (Å²) in [6.07, 6.45) is 8.11. The fraction of sp³-hybridized carbons (Fsp3) is 1.00. The van der Waals surface area contributed by atoms with E-state index in [1.165, 1.54) is 25.7 Å². The number of aliphatic hydroxyl groups excluding tert-OH is 1. The molecular formula is C15H29NO2. The van der Waals surface area contributed by atoms with Crippen molar-refractivity contribution in [3.63, 3.8) is 0 Å². The Morgan fingerprint density at radius 2 is 1.89 bits per heavy atom. The lowest BCUT2D eigenvalue weighted by molar-refractivity contribution is -0.0328. The molecule has 2 fully saturated rings. The minimum absolute atomic E-state index is 0.119. The minimum Gasteiger partial charge on any atom is -0.391 e. The lowest BCUT2D eigenvalue weighted by atomic mass is 9.80. The van der Waals surface area contributed by atoms with Crippen LogP contribution in [0.5, 0.6) is 0 Å². The first-order valence-corrected chi connectivity index (χ1v) is 7.70. The van der Waals surface area contributed by atoms with Gasteiger partial charge >= 0.3 is 0 Å². The quantitative estimate of drug-likeness (QED) is 0.837. The molecule has 3 heteroatoms. The van der Waals surface area contributed by atoms with Crippen LogP contribution in [0.2, 0.25) is 0 Å². The maximum Gasteiger partial charge on any atom is 0.0695 e. The van der Waals surface area contributed by atoms with E-state index in [0.29, 0.717) is 12.1 Å². The van der Waals surface area contributed by atoms with Gasteiger partial charge in [-0.15, -0.1) is 0 Å². The summed E-state index contributed by atoms with van der Waals surface area (Å²) >= 11 is 0. The fourth-order valence-corrected chi connectivity index (χ4v) is 3.69. The van der Waals surface area contributed by atoms with Crippen molar-refractivity contribution in [2.75, 3.05) is 20.3 Å². The highest BCUT2D eigenvalue weighted by molar-refractivity contribution is 4.88. The van der Waals surface area contributed by atoms with E-state index in [4.69, 9.17) is 4.74 Å². The smallest absolute Gasteiger partial charge is 0.0695 e. The van der Waals surface area contributed by atoms with Crippen LogP contribution in [-0.4, -0.2) is 48.5 Å². The van der Waals surface area contributed by atoms with E-state index >= 15 is 0 Å². The average molecular weight is 255 g/mol. The first-order valence-electron chi connectivity index (χ1n) is 7.70. The van der Waals surface area contributed by atoms with Crippen molar-refractivity contribution in [1.29, 1.82) is 0 Å². The molecule has 3 unspecified atom stereocenters. The number of hydrogen-bond acceptors (Lipinski definition) is 3. The van der Waals surface area contributed by atoms with E-state index < -0.39 is 0 Å². The Balaban J connectivity index is 1.91. The largest absolute Gasteiger partial charge is 0.391 e. The third-order valence-electron chi connectivity index (χ3n) is 4.88. The predicted molar refractivity (Wildman–Crippen MR) is 73.6 cm³/mol. The number of likely N-dealkylation sites (N-methyl/N-ethyl adjacent to an activating group) is 1. The molecule has 1 heterocycles. The summed E-state index contributed by atoms with van der Waals surface area (Å²) in [5.41, 5.74) is 0. The monoisotopic (exact) mass is 255 g/mol. The zero-order valence-corrected chi connectivity index (χ0v) is 12.0. The zero-order valence-electron chi connectivity index (χ0n) is 12.0. The number of ether oxygens (including phenoxy) is 1. The van der Waals surface area contributed by atoms with Crippen molar-refractivity contribution >= 4 is 0 Å². The maximum atomic E-state index is 10.3. The topological polar surface area (TPSA) is 32.7 Å². The standard InChI is InChI=1S/C15H29NO2/c1-3-4-12-5-6-15(17)14(11-12)16(2)13-7-9-18-10-8-13/h12-15,17H,3-11H2,1-2H3. The molecule has 2 rings (SSSR count). The first kappa shape index (κ1) is 14.3. The normalized spacial score (nSPS) is 35.0. The Morgan fingerprint density at radius 3 is 2.56 bits per heavy atom. The van der Waals surface area contributed by atoms with Crippen LogP contribution in [-0.2, 0) is 4.74 Å². The molecular weight excluding hydrogens is 226 g/mol. The molecule has 1 aliphatic carbocycles. The molecule has 3 nitrogen and oxygen atoms in total. The number of rotatable bonds is 4. The van der Waals surface area contributed by atoms with Crippen molar-refractivity contribution in [2.45, 2.75) is 70.1 Å². The van der Waals surface area contributed by atoms with Gasteiger partial charge in [0.2, 0.25) is 0 Å². The summed E-state index contributed by atoms with van der Waals surface area (Å²) in [5, 5.41) is 10.3. The maximum absolute atomic E-state index is 10.3.